The molecule has 0 aliphatic heterocycles. The predicted octanol–water partition coefficient (Wildman–Crippen LogP) is 4.85. The van der Waals surface area contributed by atoms with Crippen molar-refractivity contribution in [2.45, 2.75) is 6.92 Å². The number of rotatable bonds is 3. The van der Waals surface area contributed by atoms with Gasteiger partial charge in [-0.05, 0) is 55.0 Å². The van der Waals surface area contributed by atoms with Gasteiger partial charge in [-0.15, -0.1) is 0 Å². The molecule has 0 fully saturated rings. The van der Waals surface area contributed by atoms with Crippen LogP contribution in [0.1, 0.15) is 5.56 Å². The number of nitrogens with zero attached hydrogens (tertiary/aromatic N) is 1. The number of benzene rings is 2. The van der Waals surface area contributed by atoms with Gasteiger partial charge in [0.25, 0.3) is 0 Å². The quantitative estimate of drug-likeness (QED) is 0.672. The summed E-state index contributed by atoms with van der Waals surface area (Å²) in [5.41, 5.74) is 3.23. The van der Waals surface area contributed by atoms with Crippen molar-refractivity contribution in [3.63, 3.8) is 0 Å². The van der Waals surface area contributed by atoms with Crippen LogP contribution in [0.2, 0.25) is 0 Å². The smallest absolute Gasteiger partial charge is 0.127 e. The Labute approximate surface area is 118 Å². The van der Waals surface area contributed by atoms with Crippen molar-refractivity contribution >= 4 is 0 Å². The highest BCUT2D eigenvalue weighted by molar-refractivity contribution is 5.60. The van der Waals surface area contributed by atoms with Gasteiger partial charge in [0.2, 0.25) is 0 Å². The predicted molar refractivity (Wildman–Crippen MR) is 80.9 cm³/mol. The van der Waals surface area contributed by atoms with Crippen LogP contribution in [0, 0.1) is 6.92 Å². The van der Waals surface area contributed by atoms with Crippen LogP contribution in [-0.4, -0.2) is 4.98 Å². The minimum Gasteiger partial charge on any atom is -0.457 e. The molecule has 3 rings (SSSR count). The Morgan fingerprint density at radius 3 is 2.10 bits per heavy atom. The second-order valence-electron chi connectivity index (χ2n) is 4.66. The van der Waals surface area contributed by atoms with Gasteiger partial charge in [0.1, 0.15) is 11.5 Å². The van der Waals surface area contributed by atoms with Crippen molar-refractivity contribution in [1.82, 2.24) is 4.98 Å². The van der Waals surface area contributed by atoms with Crippen molar-refractivity contribution in [1.29, 1.82) is 0 Å². The molecule has 2 nitrogen and oxygen atoms in total. The lowest BCUT2D eigenvalue weighted by molar-refractivity contribution is 0.483. The van der Waals surface area contributed by atoms with Crippen molar-refractivity contribution in [3.8, 4) is 22.8 Å². The third-order valence-corrected chi connectivity index (χ3v) is 3.04. The summed E-state index contributed by atoms with van der Waals surface area (Å²) < 4.78 is 5.77. The minimum atomic E-state index is 0.826. The lowest BCUT2D eigenvalue weighted by Crippen LogP contribution is -1.86. The standard InChI is InChI=1S/C18H15NO/c1-14-7-12-18(19-13-14)15-8-10-17(11-9-15)20-16-5-3-2-4-6-16/h2-13H,1H3. The molecule has 0 radical (unpaired) electrons. The summed E-state index contributed by atoms with van der Waals surface area (Å²) in [7, 11) is 0. The average molecular weight is 261 g/mol. The zero-order valence-electron chi connectivity index (χ0n) is 11.3. The molecule has 0 aliphatic rings. The highest BCUT2D eigenvalue weighted by Gasteiger charge is 2.00. The molecule has 0 aliphatic carbocycles. The number of aryl methyl sites for hydroxylation is 1. The first-order valence-corrected chi connectivity index (χ1v) is 6.57. The summed E-state index contributed by atoms with van der Waals surface area (Å²) in [6.45, 7) is 2.04. The Morgan fingerprint density at radius 2 is 1.45 bits per heavy atom. The number of hydrogen-bond donors (Lipinski definition) is 0. The molecule has 0 amide bonds. The molecule has 0 atom stereocenters. The molecular formula is C18H15NO. The topological polar surface area (TPSA) is 22.1 Å². The zero-order valence-corrected chi connectivity index (χ0v) is 11.3. The highest BCUT2D eigenvalue weighted by Crippen LogP contribution is 2.24. The number of aromatic nitrogens is 1. The first-order chi connectivity index (χ1) is 9.81. The van der Waals surface area contributed by atoms with Gasteiger partial charge in [0, 0.05) is 11.8 Å². The highest BCUT2D eigenvalue weighted by atomic mass is 16.5. The summed E-state index contributed by atoms with van der Waals surface area (Å²) in [6, 6.07) is 21.8. The van der Waals surface area contributed by atoms with E-state index < -0.39 is 0 Å². The third-order valence-electron chi connectivity index (χ3n) is 3.04. The molecule has 0 spiro atoms. The molecular weight excluding hydrogens is 246 g/mol. The normalized spacial score (nSPS) is 10.2. The molecule has 0 unspecified atom stereocenters. The molecule has 0 saturated carbocycles. The fraction of sp³-hybridized carbons (Fsp3) is 0.0556. The lowest BCUT2D eigenvalue weighted by atomic mass is 10.1. The average Bonchev–Trinajstić information content (AvgIpc) is 2.50. The number of para-hydroxylation sites is 1. The Balaban J connectivity index is 1.79. The van der Waals surface area contributed by atoms with Gasteiger partial charge in [-0.3, -0.25) is 4.98 Å². The first kappa shape index (κ1) is 12.4. The Kier molecular flexibility index (Phi) is 3.46. The summed E-state index contributed by atoms with van der Waals surface area (Å²) in [5, 5.41) is 0. The molecule has 0 saturated heterocycles. The molecule has 0 bridgehead atoms. The number of pyridine rings is 1. The van der Waals surface area contributed by atoms with Crippen LogP contribution in [0.5, 0.6) is 11.5 Å². The summed E-state index contributed by atoms with van der Waals surface area (Å²) in [4.78, 5) is 4.42. The van der Waals surface area contributed by atoms with E-state index in [1.54, 1.807) is 0 Å². The van der Waals surface area contributed by atoms with E-state index in [-0.39, 0.29) is 0 Å². The monoisotopic (exact) mass is 261 g/mol. The first-order valence-electron chi connectivity index (χ1n) is 6.57. The van der Waals surface area contributed by atoms with Crippen LogP contribution in [-0.2, 0) is 0 Å². The van der Waals surface area contributed by atoms with Crippen molar-refractivity contribution in [2.24, 2.45) is 0 Å². The van der Waals surface area contributed by atoms with Crippen molar-refractivity contribution in [2.75, 3.05) is 0 Å². The largest absolute Gasteiger partial charge is 0.457 e. The molecule has 2 heteroatoms. The number of hydrogen-bond acceptors (Lipinski definition) is 2. The summed E-state index contributed by atoms with van der Waals surface area (Å²) in [6.07, 6.45) is 1.88. The number of ether oxygens (including phenoxy) is 1. The molecule has 20 heavy (non-hydrogen) atoms. The molecule has 1 aromatic heterocycles. The van der Waals surface area contributed by atoms with Gasteiger partial charge in [-0.25, -0.2) is 0 Å². The van der Waals surface area contributed by atoms with E-state index in [9.17, 15) is 0 Å². The van der Waals surface area contributed by atoms with Crippen LogP contribution in [0.3, 0.4) is 0 Å². The van der Waals surface area contributed by atoms with Crippen LogP contribution in [0.4, 0.5) is 0 Å². The van der Waals surface area contributed by atoms with Gasteiger partial charge in [-0.1, -0.05) is 24.3 Å². The van der Waals surface area contributed by atoms with E-state index in [1.165, 1.54) is 0 Å². The molecule has 2 aromatic carbocycles. The minimum absolute atomic E-state index is 0.826. The van der Waals surface area contributed by atoms with E-state index in [0.29, 0.717) is 0 Å². The summed E-state index contributed by atoms with van der Waals surface area (Å²) >= 11 is 0. The fourth-order valence-corrected chi connectivity index (χ4v) is 1.96. The van der Waals surface area contributed by atoms with Crippen LogP contribution >= 0.6 is 0 Å². The zero-order chi connectivity index (χ0) is 13.8. The van der Waals surface area contributed by atoms with Gasteiger partial charge in [-0.2, -0.15) is 0 Å². The SMILES string of the molecule is Cc1ccc(-c2ccc(Oc3ccccc3)cc2)nc1. The summed E-state index contributed by atoms with van der Waals surface area (Å²) in [5.74, 6) is 1.67. The van der Waals surface area contributed by atoms with Gasteiger partial charge in [0.15, 0.2) is 0 Å². The van der Waals surface area contributed by atoms with Crippen LogP contribution < -0.4 is 4.74 Å². The maximum atomic E-state index is 5.77. The van der Waals surface area contributed by atoms with E-state index in [4.69, 9.17) is 4.74 Å². The fourth-order valence-electron chi connectivity index (χ4n) is 1.96. The Hall–Kier alpha value is -2.61. The third kappa shape index (κ3) is 2.86. The van der Waals surface area contributed by atoms with E-state index in [0.717, 1.165) is 28.3 Å². The Bertz CT molecular complexity index is 673. The van der Waals surface area contributed by atoms with E-state index >= 15 is 0 Å². The second kappa shape index (κ2) is 5.57. The van der Waals surface area contributed by atoms with Crippen LogP contribution in [0.15, 0.2) is 72.9 Å². The van der Waals surface area contributed by atoms with Gasteiger partial charge >= 0.3 is 0 Å². The molecule has 98 valence electrons. The Morgan fingerprint density at radius 1 is 0.750 bits per heavy atom. The van der Waals surface area contributed by atoms with Crippen molar-refractivity contribution in [3.05, 3.63) is 78.5 Å². The van der Waals surface area contributed by atoms with E-state index in [2.05, 4.69) is 11.1 Å². The van der Waals surface area contributed by atoms with Gasteiger partial charge in [0.05, 0.1) is 5.69 Å². The maximum absolute atomic E-state index is 5.77. The molecule has 0 N–H and O–H groups in total. The van der Waals surface area contributed by atoms with Crippen molar-refractivity contribution < 1.29 is 4.74 Å². The second-order valence-corrected chi connectivity index (χ2v) is 4.66. The van der Waals surface area contributed by atoms with Gasteiger partial charge < -0.3 is 4.74 Å². The van der Waals surface area contributed by atoms with E-state index in [1.807, 2.05) is 73.8 Å². The lowest BCUT2D eigenvalue weighted by Gasteiger charge is -2.06. The molecule has 3 aromatic rings. The molecule has 1 heterocycles. The van der Waals surface area contributed by atoms with Crippen LogP contribution in [0.25, 0.3) is 11.3 Å². The maximum Gasteiger partial charge on any atom is 0.127 e.